The minimum absolute atomic E-state index is 0.527. The van der Waals surface area contributed by atoms with Crippen LogP contribution >= 0.6 is 0 Å². The summed E-state index contributed by atoms with van der Waals surface area (Å²) in [5.41, 5.74) is 3.91. The predicted octanol–water partition coefficient (Wildman–Crippen LogP) is 4.30. The second-order valence-corrected chi connectivity index (χ2v) is 6.86. The molecule has 6 nitrogen and oxygen atoms in total. The van der Waals surface area contributed by atoms with Gasteiger partial charge in [-0.2, -0.15) is 0 Å². The first-order valence-electron chi connectivity index (χ1n) is 9.65. The van der Waals surface area contributed by atoms with Crippen LogP contribution in [0.4, 0.5) is 0 Å². The van der Waals surface area contributed by atoms with E-state index in [1.807, 2.05) is 42.5 Å². The van der Waals surface area contributed by atoms with E-state index in [9.17, 15) is 0 Å². The lowest BCUT2D eigenvalue weighted by molar-refractivity contribution is 0.544. The van der Waals surface area contributed by atoms with Crippen molar-refractivity contribution >= 4 is 16.9 Å². The second-order valence-electron chi connectivity index (χ2n) is 6.86. The molecule has 0 bridgehead atoms. The number of nitrogens with one attached hydrogen (secondary N) is 2. The molecule has 0 aliphatic carbocycles. The highest BCUT2D eigenvalue weighted by atomic mass is 16.3. The Kier molecular flexibility index (Phi) is 5.61. The van der Waals surface area contributed by atoms with Crippen LogP contribution in [-0.2, 0) is 13.0 Å². The number of benzene rings is 2. The number of hydrogen-bond donors (Lipinski definition) is 2. The molecule has 6 heteroatoms. The smallest absolute Gasteiger partial charge is 0.226 e. The molecule has 2 aromatic heterocycles. The van der Waals surface area contributed by atoms with E-state index in [1.165, 1.54) is 5.56 Å². The van der Waals surface area contributed by atoms with E-state index in [4.69, 9.17) is 8.83 Å². The molecule has 0 fully saturated rings. The lowest BCUT2D eigenvalue weighted by Gasteiger charge is -2.09. The minimum Gasteiger partial charge on any atom is -0.461 e. The van der Waals surface area contributed by atoms with Crippen LogP contribution in [0, 0.1) is 6.92 Å². The summed E-state index contributed by atoms with van der Waals surface area (Å²) in [6.07, 6.45) is 2.45. The van der Waals surface area contributed by atoms with Crippen LogP contribution in [0.3, 0.4) is 0 Å². The summed E-state index contributed by atoms with van der Waals surface area (Å²) in [7, 11) is 1.75. The predicted molar refractivity (Wildman–Crippen MR) is 115 cm³/mol. The fourth-order valence-corrected chi connectivity index (χ4v) is 3.08. The van der Waals surface area contributed by atoms with Crippen molar-refractivity contribution in [2.24, 2.45) is 4.99 Å². The van der Waals surface area contributed by atoms with Gasteiger partial charge in [0.05, 0.1) is 12.2 Å². The SMILES string of the molecule is CN=C(NCCc1cc2ccccc2o1)NCc1coc(-c2ccc(C)cc2)n1. The van der Waals surface area contributed by atoms with Gasteiger partial charge in [0.1, 0.15) is 17.6 Å². The zero-order valence-corrected chi connectivity index (χ0v) is 16.6. The maximum atomic E-state index is 5.84. The van der Waals surface area contributed by atoms with Crippen LogP contribution in [0.2, 0.25) is 0 Å². The van der Waals surface area contributed by atoms with Crippen LogP contribution in [0.5, 0.6) is 0 Å². The number of fused-ring (bicyclic) bond motifs is 1. The van der Waals surface area contributed by atoms with Crippen molar-refractivity contribution in [3.05, 3.63) is 77.9 Å². The molecule has 0 aliphatic heterocycles. The number of nitrogens with zero attached hydrogens (tertiary/aromatic N) is 2. The lowest BCUT2D eigenvalue weighted by atomic mass is 10.1. The topological polar surface area (TPSA) is 75.6 Å². The Morgan fingerprint density at radius 3 is 2.69 bits per heavy atom. The molecule has 4 aromatic rings. The van der Waals surface area contributed by atoms with Crippen molar-refractivity contribution in [2.45, 2.75) is 19.9 Å². The standard InChI is InChI=1S/C23H24N4O2/c1-16-7-9-17(10-8-16)22-27-19(15-28-22)14-26-23(24-2)25-12-11-20-13-18-5-3-4-6-21(18)29-20/h3-10,13,15H,11-12,14H2,1-2H3,(H2,24,25,26). The highest BCUT2D eigenvalue weighted by Gasteiger charge is 2.08. The molecular formula is C23H24N4O2. The van der Waals surface area contributed by atoms with Gasteiger partial charge in [-0.1, -0.05) is 35.9 Å². The molecule has 29 heavy (non-hydrogen) atoms. The number of furan rings is 1. The molecule has 0 saturated carbocycles. The first kappa shape index (κ1) is 18.8. The van der Waals surface area contributed by atoms with Gasteiger partial charge in [0.15, 0.2) is 5.96 Å². The van der Waals surface area contributed by atoms with Gasteiger partial charge in [-0.25, -0.2) is 4.98 Å². The van der Waals surface area contributed by atoms with E-state index < -0.39 is 0 Å². The maximum absolute atomic E-state index is 5.84. The average Bonchev–Trinajstić information content (AvgIpc) is 3.37. The number of oxazole rings is 1. The Morgan fingerprint density at radius 1 is 1.07 bits per heavy atom. The zero-order valence-electron chi connectivity index (χ0n) is 16.6. The van der Waals surface area contributed by atoms with Gasteiger partial charge in [-0.15, -0.1) is 0 Å². The quantitative estimate of drug-likeness (QED) is 0.380. The molecule has 0 atom stereocenters. The molecule has 2 heterocycles. The molecular weight excluding hydrogens is 364 g/mol. The van der Waals surface area contributed by atoms with E-state index in [1.54, 1.807) is 13.3 Å². The van der Waals surface area contributed by atoms with Gasteiger partial charge in [0, 0.05) is 31.0 Å². The van der Waals surface area contributed by atoms with Crippen molar-refractivity contribution < 1.29 is 8.83 Å². The normalized spacial score (nSPS) is 11.7. The molecule has 148 valence electrons. The van der Waals surface area contributed by atoms with Crippen molar-refractivity contribution in [1.82, 2.24) is 15.6 Å². The monoisotopic (exact) mass is 388 g/mol. The van der Waals surface area contributed by atoms with Gasteiger partial charge in [0.25, 0.3) is 0 Å². The number of aryl methyl sites for hydroxylation is 1. The number of para-hydroxylation sites is 1. The summed E-state index contributed by atoms with van der Waals surface area (Å²) in [6, 6.07) is 18.2. The first-order valence-corrected chi connectivity index (χ1v) is 9.65. The number of aromatic nitrogens is 1. The minimum atomic E-state index is 0.527. The molecule has 0 unspecified atom stereocenters. The van der Waals surface area contributed by atoms with Gasteiger partial charge >= 0.3 is 0 Å². The second kappa shape index (κ2) is 8.65. The molecule has 4 rings (SSSR count). The maximum Gasteiger partial charge on any atom is 0.226 e. The largest absolute Gasteiger partial charge is 0.461 e. The summed E-state index contributed by atoms with van der Waals surface area (Å²) < 4.78 is 11.4. The molecule has 0 spiro atoms. The molecule has 0 saturated heterocycles. The summed E-state index contributed by atoms with van der Waals surface area (Å²) in [5.74, 6) is 2.28. The average molecular weight is 388 g/mol. The summed E-state index contributed by atoms with van der Waals surface area (Å²) in [4.78, 5) is 8.80. The third-order valence-corrected chi connectivity index (χ3v) is 4.65. The Bertz CT molecular complexity index is 1080. The van der Waals surface area contributed by atoms with E-state index in [2.05, 4.69) is 39.7 Å². The third-order valence-electron chi connectivity index (χ3n) is 4.65. The Labute approximate surface area is 169 Å². The number of hydrogen-bond acceptors (Lipinski definition) is 4. The zero-order chi connectivity index (χ0) is 20.1. The Morgan fingerprint density at radius 2 is 1.90 bits per heavy atom. The van der Waals surface area contributed by atoms with E-state index >= 15 is 0 Å². The van der Waals surface area contributed by atoms with Gasteiger partial charge in [-0.3, -0.25) is 4.99 Å². The van der Waals surface area contributed by atoms with Crippen LogP contribution in [0.15, 0.2) is 74.7 Å². The van der Waals surface area contributed by atoms with Crippen molar-refractivity contribution in [2.75, 3.05) is 13.6 Å². The van der Waals surface area contributed by atoms with Gasteiger partial charge in [0.2, 0.25) is 5.89 Å². The van der Waals surface area contributed by atoms with Crippen molar-refractivity contribution in [3.8, 4) is 11.5 Å². The van der Waals surface area contributed by atoms with Gasteiger partial charge in [-0.05, 0) is 31.2 Å². The first-order chi connectivity index (χ1) is 14.2. The number of rotatable bonds is 6. The number of aliphatic imine (C=N–C) groups is 1. The summed E-state index contributed by atoms with van der Waals surface area (Å²) in [5, 5.41) is 7.68. The van der Waals surface area contributed by atoms with Crippen LogP contribution < -0.4 is 10.6 Å². The van der Waals surface area contributed by atoms with Gasteiger partial charge < -0.3 is 19.5 Å². The van der Waals surface area contributed by atoms with E-state index in [-0.39, 0.29) is 0 Å². The van der Waals surface area contributed by atoms with Crippen LogP contribution in [0.25, 0.3) is 22.4 Å². The van der Waals surface area contributed by atoms with E-state index in [0.717, 1.165) is 34.4 Å². The summed E-state index contributed by atoms with van der Waals surface area (Å²) in [6.45, 7) is 3.30. The molecule has 0 amide bonds. The molecule has 0 radical (unpaired) electrons. The highest BCUT2D eigenvalue weighted by molar-refractivity contribution is 5.80. The Hall–Kier alpha value is -3.54. The molecule has 2 aromatic carbocycles. The van der Waals surface area contributed by atoms with Crippen LogP contribution in [-0.4, -0.2) is 24.5 Å². The van der Waals surface area contributed by atoms with Crippen molar-refractivity contribution in [1.29, 1.82) is 0 Å². The lowest BCUT2D eigenvalue weighted by Crippen LogP contribution is -2.37. The summed E-state index contributed by atoms with van der Waals surface area (Å²) >= 11 is 0. The molecule has 0 aliphatic rings. The van der Waals surface area contributed by atoms with Crippen molar-refractivity contribution in [3.63, 3.8) is 0 Å². The number of guanidine groups is 1. The van der Waals surface area contributed by atoms with Crippen LogP contribution in [0.1, 0.15) is 17.0 Å². The fraction of sp³-hybridized carbons (Fsp3) is 0.217. The highest BCUT2D eigenvalue weighted by Crippen LogP contribution is 2.19. The fourth-order valence-electron chi connectivity index (χ4n) is 3.08. The third kappa shape index (κ3) is 4.66. The molecule has 2 N–H and O–H groups in total. The van der Waals surface area contributed by atoms with E-state index in [0.29, 0.717) is 24.9 Å². The Balaban J connectivity index is 1.28.